The molecule has 1 aliphatic heterocycles. The fourth-order valence-electron chi connectivity index (χ4n) is 1.85. The summed E-state index contributed by atoms with van der Waals surface area (Å²) < 4.78 is 12.7. The molecule has 2 atom stereocenters. The second kappa shape index (κ2) is 3.98. The Morgan fingerprint density at radius 1 is 1.33 bits per heavy atom. The number of nitrogens with two attached hydrogens (primary N) is 1. The fourth-order valence-corrected chi connectivity index (χ4v) is 1.85. The van der Waals surface area contributed by atoms with Crippen LogP contribution in [0, 0.1) is 5.82 Å². The van der Waals surface area contributed by atoms with Crippen LogP contribution in [-0.2, 0) is 4.79 Å². The minimum absolute atomic E-state index is 0.0388. The molecule has 1 aliphatic rings. The van der Waals surface area contributed by atoms with Crippen molar-refractivity contribution in [2.75, 3.05) is 0 Å². The summed E-state index contributed by atoms with van der Waals surface area (Å²) in [5, 5.41) is 2.84. The molecule has 0 spiro atoms. The third-order valence-corrected chi connectivity index (χ3v) is 2.59. The number of halogens is 1. The van der Waals surface area contributed by atoms with E-state index in [1.54, 1.807) is 12.1 Å². The van der Waals surface area contributed by atoms with Crippen LogP contribution in [0.5, 0.6) is 0 Å². The monoisotopic (exact) mass is 208 g/mol. The largest absolute Gasteiger partial charge is 0.349 e. The van der Waals surface area contributed by atoms with Gasteiger partial charge in [-0.1, -0.05) is 12.1 Å². The average Bonchev–Trinajstić information content (AvgIpc) is 2.17. The van der Waals surface area contributed by atoms with Gasteiger partial charge in [-0.2, -0.15) is 0 Å². The van der Waals surface area contributed by atoms with Crippen LogP contribution in [0.1, 0.15) is 24.4 Å². The van der Waals surface area contributed by atoms with E-state index in [1.165, 1.54) is 12.1 Å². The highest BCUT2D eigenvalue weighted by molar-refractivity contribution is 5.78. The molecule has 1 amide bonds. The maximum absolute atomic E-state index is 12.7. The van der Waals surface area contributed by atoms with Crippen LogP contribution in [-0.4, -0.2) is 11.9 Å². The van der Waals surface area contributed by atoms with Crippen molar-refractivity contribution < 1.29 is 9.18 Å². The van der Waals surface area contributed by atoms with Gasteiger partial charge in [0.25, 0.3) is 0 Å². The van der Waals surface area contributed by atoms with E-state index in [9.17, 15) is 9.18 Å². The molecule has 15 heavy (non-hydrogen) atoms. The first-order valence-electron chi connectivity index (χ1n) is 4.95. The summed E-state index contributed by atoms with van der Waals surface area (Å²) in [7, 11) is 0. The normalized spacial score (nSPS) is 26.1. The van der Waals surface area contributed by atoms with Gasteiger partial charge < -0.3 is 11.1 Å². The first-order valence-corrected chi connectivity index (χ1v) is 4.95. The number of amides is 1. The summed E-state index contributed by atoms with van der Waals surface area (Å²) in [6.07, 6.45) is 1.08. The molecular weight excluding hydrogens is 195 g/mol. The Balaban J connectivity index is 2.16. The van der Waals surface area contributed by atoms with Gasteiger partial charge in [-0.15, -0.1) is 0 Å². The molecule has 0 bridgehead atoms. The van der Waals surface area contributed by atoms with Gasteiger partial charge >= 0.3 is 0 Å². The zero-order valence-corrected chi connectivity index (χ0v) is 8.24. The molecule has 2 rings (SSSR count). The van der Waals surface area contributed by atoms with Gasteiger partial charge in [0.05, 0.1) is 6.04 Å². The number of benzene rings is 1. The van der Waals surface area contributed by atoms with Crippen molar-refractivity contribution in [1.29, 1.82) is 0 Å². The first-order chi connectivity index (χ1) is 7.15. The maximum atomic E-state index is 12.7. The van der Waals surface area contributed by atoms with Gasteiger partial charge in [0.15, 0.2) is 0 Å². The minimum Gasteiger partial charge on any atom is -0.349 e. The second-order valence-electron chi connectivity index (χ2n) is 3.87. The lowest BCUT2D eigenvalue weighted by atomic mass is 9.94. The summed E-state index contributed by atoms with van der Waals surface area (Å²) >= 11 is 0. The van der Waals surface area contributed by atoms with Crippen LogP contribution in [0.3, 0.4) is 0 Å². The van der Waals surface area contributed by atoms with E-state index in [0.717, 1.165) is 5.56 Å². The van der Waals surface area contributed by atoms with Crippen molar-refractivity contribution in [2.45, 2.75) is 24.9 Å². The van der Waals surface area contributed by atoms with Crippen molar-refractivity contribution in [3.05, 3.63) is 35.6 Å². The molecule has 1 fully saturated rings. The fraction of sp³-hybridized carbons (Fsp3) is 0.364. The summed E-state index contributed by atoms with van der Waals surface area (Å²) in [6, 6.07) is 5.95. The molecule has 1 aromatic carbocycles. The standard InChI is InChI=1S/C11H13FN2O/c12-8-3-1-7(2-4-8)10-5-9(13)6-11(15)14-10/h1-4,9-10H,5-6,13H2,(H,14,15). The van der Waals surface area contributed by atoms with E-state index in [4.69, 9.17) is 5.73 Å². The van der Waals surface area contributed by atoms with Gasteiger partial charge in [-0.3, -0.25) is 4.79 Å². The Bertz CT molecular complexity index is 363. The summed E-state index contributed by atoms with van der Waals surface area (Å²) in [6.45, 7) is 0. The Hall–Kier alpha value is -1.42. The predicted molar refractivity (Wildman–Crippen MR) is 54.5 cm³/mol. The van der Waals surface area contributed by atoms with Gasteiger partial charge in [-0.25, -0.2) is 4.39 Å². The van der Waals surface area contributed by atoms with Crippen LogP contribution >= 0.6 is 0 Å². The maximum Gasteiger partial charge on any atom is 0.222 e. The number of hydrogen-bond donors (Lipinski definition) is 2. The SMILES string of the molecule is NC1CC(=O)NC(c2ccc(F)cc2)C1. The van der Waals surface area contributed by atoms with Gasteiger partial charge in [0, 0.05) is 12.5 Å². The van der Waals surface area contributed by atoms with Crippen LogP contribution < -0.4 is 11.1 Å². The number of carbonyl (C=O) groups excluding carboxylic acids is 1. The van der Waals surface area contributed by atoms with E-state index in [2.05, 4.69) is 5.32 Å². The first kappa shape index (κ1) is 10.1. The Kier molecular flexibility index (Phi) is 2.68. The molecule has 1 heterocycles. The smallest absolute Gasteiger partial charge is 0.222 e. The highest BCUT2D eigenvalue weighted by atomic mass is 19.1. The van der Waals surface area contributed by atoms with E-state index >= 15 is 0 Å². The number of piperidine rings is 1. The molecule has 0 aliphatic carbocycles. The van der Waals surface area contributed by atoms with E-state index in [-0.39, 0.29) is 23.8 Å². The lowest BCUT2D eigenvalue weighted by molar-refractivity contribution is -0.123. The van der Waals surface area contributed by atoms with E-state index in [1.807, 2.05) is 0 Å². The van der Waals surface area contributed by atoms with Gasteiger partial charge in [0.2, 0.25) is 5.91 Å². The van der Waals surface area contributed by atoms with E-state index < -0.39 is 0 Å². The van der Waals surface area contributed by atoms with Crippen molar-refractivity contribution >= 4 is 5.91 Å². The number of rotatable bonds is 1. The van der Waals surface area contributed by atoms with Crippen LogP contribution in [0.15, 0.2) is 24.3 Å². The lowest BCUT2D eigenvalue weighted by Gasteiger charge is -2.27. The highest BCUT2D eigenvalue weighted by Gasteiger charge is 2.24. The molecule has 0 aromatic heterocycles. The van der Waals surface area contributed by atoms with Crippen LogP contribution in [0.25, 0.3) is 0 Å². The van der Waals surface area contributed by atoms with Crippen LogP contribution in [0.2, 0.25) is 0 Å². The van der Waals surface area contributed by atoms with Crippen molar-refractivity contribution in [2.24, 2.45) is 5.73 Å². The molecular formula is C11H13FN2O. The molecule has 1 saturated heterocycles. The quantitative estimate of drug-likeness (QED) is 0.726. The third-order valence-electron chi connectivity index (χ3n) is 2.59. The number of hydrogen-bond acceptors (Lipinski definition) is 2. The average molecular weight is 208 g/mol. The zero-order valence-electron chi connectivity index (χ0n) is 8.24. The second-order valence-corrected chi connectivity index (χ2v) is 3.87. The van der Waals surface area contributed by atoms with Gasteiger partial charge in [-0.05, 0) is 24.1 Å². The molecule has 1 aromatic rings. The Morgan fingerprint density at radius 2 is 2.00 bits per heavy atom. The van der Waals surface area contributed by atoms with Crippen LogP contribution in [0.4, 0.5) is 4.39 Å². The zero-order chi connectivity index (χ0) is 10.8. The van der Waals surface area contributed by atoms with Crippen molar-refractivity contribution in [3.8, 4) is 0 Å². The lowest BCUT2D eigenvalue weighted by Crippen LogP contribution is -2.42. The topological polar surface area (TPSA) is 55.1 Å². The molecule has 3 N–H and O–H groups in total. The Morgan fingerprint density at radius 3 is 2.60 bits per heavy atom. The highest BCUT2D eigenvalue weighted by Crippen LogP contribution is 2.22. The molecule has 0 radical (unpaired) electrons. The molecule has 80 valence electrons. The molecule has 2 unspecified atom stereocenters. The third kappa shape index (κ3) is 2.33. The molecule has 0 saturated carbocycles. The minimum atomic E-state index is -0.273. The summed E-state index contributed by atoms with van der Waals surface area (Å²) in [5.41, 5.74) is 6.65. The summed E-state index contributed by atoms with van der Waals surface area (Å²) in [5.74, 6) is -0.312. The molecule has 4 heteroatoms. The number of nitrogens with one attached hydrogen (secondary N) is 1. The predicted octanol–water partition coefficient (Wildman–Crippen LogP) is 1.10. The van der Waals surface area contributed by atoms with Gasteiger partial charge in [0.1, 0.15) is 5.82 Å². The van der Waals surface area contributed by atoms with Crippen molar-refractivity contribution in [1.82, 2.24) is 5.32 Å². The Labute approximate surface area is 87.5 Å². The summed E-state index contributed by atoms with van der Waals surface area (Å²) in [4.78, 5) is 11.3. The van der Waals surface area contributed by atoms with E-state index in [0.29, 0.717) is 12.8 Å². The number of carbonyl (C=O) groups is 1. The molecule has 3 nitrogen and oxygen atoms in total. The van der Waals surface area contributed by atoms with Crippen molar-refractivity contribution in [3.63, 3.8) is 0 Å².